The summed E-state index contributed by atoms with van der Waals surface area (Å²) in [6.45, 7) is 0.406. The molecule has 4 rings (SSSR count). The fraction of sp³-hybridized carbons (Fsp3) is 0.194. The molecule has 1 amide bonds. The van der Waals surface area contributed by atoms with Gasteiger partial charge < -0.3 is 19.9 Å². The SMILES string of the molecule is CN(C)c1ccc(C(c2ccc(N(C)C)cc2)c2ccccc2OC(=O)NCc2ccccc2)cc1. The van der Waals surface area contributed by atoms with Crippen LogP contribution in [0.25, 0.3) is 0 Å². The zero-order valence-electron chi connectivity index (χ0n) is 21.3. The minimum Gasteiger partial charge on any atom is -0.410 e. The van der Waals surface area contributed by atoms with Crippen molar-refractivity contribution in [3.05, 3.63) is 125 Å². The molecule has 0 heterocycles. The van der Waals surface area contributed by atoms with E-state index in [-0.39, 0.29) is 5.92 Å². The van der Waals surface area contributed by atoms with Crippen molar-refractivity contribution in [2.45, 2.75) is 12.5 Å². The Balaban J connectivity index is 1.67. The van der Waals surface area contributed by atoms with Crippen LogP contribution in [-0.4, -0.2) is 34.3 Å². The molecule has 0 unspecified atom stereocenters. The number of rotatable bonds is 8. The summed E-state index contributed by atoms with van der Waals surface area (Å²) in [6.07, 6.45) is -0.476. The lowest BCUT2D eigenvalue weighted by Gasteiger charge is -2.23. The monoisotopic (exact) mass is 479 g/mol. The highest BCUT2D eigenvalue weighted by Crippen LogP contribution is 2.38. The van der Waals surface area contributed by atoms with Gasteiger partial charge >= 0.3 is 6.09 Å². The molecule has 0 saturated carbocycles. The highest BCUT2D eigenvalue weighted by Gasteiger charge is 2.22. The summed E-state index contributed by atoms with van der Waals surface area (Å²) in [4.78, 5) is 16.9. The summed E-state index contributed by atoms with van der Waals surface area (Å²) >= 11 is 0. The lowest BCUT2D eigenvalue weighted by atomic mass is 9.84. The van der Waals surface area contributed by atoms with Crippen molar-refractivity contribution >= 4 is 17.5 Å². The molecule has 0 aliphatic rings. The van der Waals surface area contributed by atoms with E-state index >= 15 is 0 Å². The predicted octanol–water partition coefficient (Wildman–Crippen LogP) is 6.29. The smallest absolute Gasteiger partial charge is 0.410 e. The molecule has 5 heteroatoms. The number of nitrogens with zero attached hydrogens (tertiary/aromatic N) is 2. The fourth-order valence-electron chi connectivity index (χ4n) is 4.20. The molecular weight excluding hydrogens is 446 g/mol. The second-order valence-corrected chi connectivity index (χ2v) is 9.17. The molecule has 0 aliphatic carbocycles. The summed E-state index contributed by atoms with van der Waals surface area (Å²) in [5.74, 6) is 0.442. The Labute approximate surface area is 214 Å². The van der Waals surface area contributed by atoms with Crippen molar-refractivity contribution < 1.29 is 9.53 Å². The Morgan fingerprint density at radius 1 is 0.694 bits per heavy atom. The molecule has 4 aromatic carbocycles. The van der Waals surface area contributed by atoms with Gasteiger partial charge in [-0.25, -0.2) is 4.79 Å². The molecule has 0 radical (unpaired) electrons. The summed E-state index contributed by atoms with van der Waals surface area (Å²) in [5.41, 5.74) is 6.46. The van der Waals surface area contributed by atoms with Gasteiger partial charge in [0.05, 0.1) is 0 Å². The molecule has 184 valence electrons. The number of hydrogen-bond donors (Lipinski definition) is 1. The number of amides is 1. The quantitative estimate of drug-likeness (QED) is 0.302. The number of nitrogens with one attached hydrogen (secondary N) is 1. The van der Waals surface area contributed by atoms with Gasteiger partial charge in [0, 0.05) is 57.6 Å². The topological polar surface area (TPSA) is 44.8 Å². The van der Waals surface area contributed by atoms with E-state index in [1.165, 1.54) is 0 Å². The molecule has 0 bridgehead atoms. The van der Waals surface area contributed by atoms with Crippen molar-refractivity contribution in [2.24, 2.45) is 0 Å². The lowest BCUT2D eigenvalue weighted by Crippen LogP contribution is -2.26. The zero-order chi connectivity index (χ0) is 25.5. The Bertz CT molecular complexity index is 1220. The van der Waals surface area contributed by atoms with Crippen molar-refractivity contribution in [1.82, 2.24) is 5.32 Å². The Hall–Kier alpha value is -4.25. The number of carbonyl (C=O) groups is 1. The molecular formula is C31H33N3O2. The van der Waals surface area contributed by atoms with Crippen LogP contribution in [0.2, 0.25) is 0 Å². The highest BCUT2D eigenvalue weighted by molar-refractivity contribution is 5.71. The summed E-state index contributed by atoms with van der Waals surface area (Å²) < 4.78 is 5.85. The molecule has 0 aliphatic heterocycles. The van der Waals surface area contributed by atoms with Gasteiger partial charge in [0.2, 0.25) is 0 Å². The maximum Gasteiger partial charge on any atom is 0.412 e. The van der Waals surface area contributed by atoms with E-state index in [1.807, 2.05) is 82.8 Å². The molecule has 0 spiro atoms. The number of para-hydroxylation sites is 1. The van der Waals surface area contributed by atoms with Crippen molar-refractivity contribution in [3.63, 3.8) is 0 Å². The minimum atomic E-state index is -0.476. The summed E-state index contributed by atoms with van der Waals surface area (Å²) in [6, 6.07) is 34.6. The summed E-state index contributed by atoms with van der Waals surface area (Å²) in [7, 11) is 8.13. The maximum absolute atomic E-state index is 12.7. The highest BCUT2D eigenvalue weighted by atomic mass is 16.6. The van der Waals surface area contributed by atoms with Crippen LogP contribution in [0.3, 0.4) is 0 Å². The third-order valence-electron chi connectivity index (χ3n) is 6.20. The first kappa shape index (κ1) is 24.9. The Morgan fingerprint density at radius 2 is 1.19 bits per heavy atom. The normalized spacial score (nSPS) is 10.7. The first-order valence-electron chi connectivity index (χ1n) is 12.1. The largest absolute Gasteiger partial charge is 0.412 e. The van der Waals surface area contributed by atoms with E-state index in [0.717, 1.165) is 33.6 Å². The average Bonchev–Trinajstić information content (AvgIpc) is 2.90. The molecule has 5 nitrogen and oxygen atoms in total. The van der Waals surface area contributed by atoms with Crippen molar-refractivity contribution in [2.75, 3.05) is 38.0 Å². The Morgan fingerprint density at radius 3 is 1.72 bits per heavy atom. The second kappa shape index (κ2) is 11.5. The number of carbonyl (C=O) groups excluding carboxylic acids is 1. The first-order valence-corrected chi connectivity index (χ1v) is 12.1. The van der Waals surface area contributed by atoms with E-state index in [4.69, 9.17) is 4.74 Å². The van der Waals surface area contributed by atoms with Gasteiger partial charge in [0.25, 0.3) is 0 Å². The van der Waals surface area contributed by atoms with E-state index in [2.05, 4.69) is 63.6 Å². The van der Waals surface area contributed by atoms with E-state index in [1.54, 1.807) is 0 Å². The van der Waals surface area contributed by atoms with Gasteiger partial charge in [-0.1, -0.05) is 72.8 Å². The van der Waals surface area contributed by atoms with Crippen LogP contribution in [-0.2, 0) is 6.54 Å². The molecule has 0 aromatic heterocycles. The van der Waals surface area contributed by atoms with E-state index in [9.17, 15) is 4.79 Å². The van der Waals surface area contributed by atoms with Crippen molar-refractivity contribution in [1.29, 1.82) is 0 Å². The van der Waals surface area contributed by atoms with Gasteiger partial charge in [-0.05, 0) is 47.0 Å². The predicted molar refractivity (Wildman–Crippen MR) is 148 cm³/mol. The van der Waals surface area contributed by atoms with Crippen LogP contribution >= 0.6 is 0 Å². The third kappa shape index (κ3) is 6.05. The summed E-state index contributed by atoms with van der Waals surface area (Å²) in [5, 5.41) is 2.86. The maximum atomic E-state index is 12.7. The van der Waals surface area contributed by atoms with Crippen LogP contribution in [0.15, 0.2) is 103 Å². The Kier molecular flexibility index (Phi) is 7.91. The van der Waals surface area contributed by atoms with Crippen molar-refractivity contribution in [3.8, 4) is 5.75 Å². The van der Waals surface area contributed by atoms with Crippen LogP contribution in [0.1, 0.15) is 28.2 Å². The standard InChI is InChI=1S/C31H33N3O2/c1-33(2)26-18-14-24(15-19-26)30(25-16-20-27(21-17-25)34(3)4)28-12-8-9-13-29(28)36-31(35)32-22-23-10-6-5-7-11-23/h5-21,30H,22H2,1-4H3,(H,32,35). The molecule has 0 saturated heterocycles. The molecule has 36 heavy (non-hydrogen) atoms. The minimum absolute atomic E-state index is 0.101. The van der Waals surface area contributed by atoms with Crippen LogP contribution in [0, 0.1) is 0 Å². The van der Waals surface area contributed by atoms with Gasteiger partial charge in [-0.3, -0.25) is 0 Å². The second-order valence-electron chi connectivity index (χ2n) is 9.17. The van der Waals surface area contributed by atoms with Gasteiger partial charge in [-0.15, -0.1) is 0 Å². The van der Waals surface area contributed by atoms with Gasteiger partial charge in [0.15, 0.2) is 0 Å². The number of hydrogen-bond acceptors (Lipinski definition) is 4. The number of ether oxygens (including phenoxy) is 1. The van der Waals surface area contributed by atoms with Gasteiger partial charge in [-0.2, -0.15) is 0 Å². The molecule has 0 fully saturated rings. The number of anilines is 2. The van der Waals surface area contributed by atoms with Crippen LogP contribution in [0.4, 0.5) is 16.2 Å². The lowest BCUT2D eigenvalue weighted by molar-refractivity contribution is 0.199. The van der Waals surface area contributed by atoms with Crippen LogP contribution in [0.5, 0.6) is 5.75 Å². The molecule has 4 aromatic rings. The third-order valence-corrected chi connectivity index (χ3v) is 6.20. The fourth-order valence-corrected chi connectivity index (χ4v) is 4.20. The van der Waals surface area contributed by atoms with E-state index < -0.39 is 6.09 Å². The first-order chi connectivity index (χ1) is 17.4. The van der Waals surface area contributed by atoms with E-state index in [0.29, 0.717) is 12.3 Å². The number of benzene rings is 4. The van der Waals surface area contributed by atoms with Gasteiger partial charge in [0.1, 0.15) is 5.75 Å². The molecule has 0 atom stereocenters. The van der Waals surface area contributed by atoms with Crippen LogP contribution < -0.4 is 19.9 Å². The molecule has 1 N–H and O–H groups in total. The zero-order valence-corrected chi connectivity index (χ0v) is 21.3. The average molecular weight is 480 g/mol.